The monoisotopic (exact) mass is 470 g/mol. The van der Waals surface area contributed by atoms with Crippen LogP contribution in [0.3, 0.4) is 0 Å². The Morgan fingerprint density at radius 2 is 1.82 bits per heavy atom. The van der Waals surface area contributed by atoms with E-state index in [-0.39, 0.29) is 6.10 Å². The topological polar surface area (TPSA) is 76.6 Å². The van der Waals surface area contributed by atoms with Gasteiger partial charge in [0.2, 0.25) is 5.95 Å². The molecule has 2 saturated heterocycles. The quantitative estimate of drug-likeness (QED) is 0.686. The van der Waals surface area contributed by atoms with Gasteiger partial charge in [-0.1, -0.05) is 26.0 Å². The molecule has 2 aromatic rings. The third-order valence-corrected chi connectivity index (χ3v) is 8.27. The molecule has 1 unspecified atom stereocenters. The van der Waals surface area contributed by atoms with E-state index < -0.39 is 10.8 Å². The van der Waals surface area contributed by atoms with E-state index >= 15 is 0 Å². The second-order valence-electron chi connectivity index (χ2n) is 9.51. The Morgan fingerprint density at radius 3 is 2.52 bits per heavy atom. The smallest absolute Gasteiger partial charge is 0.227 e. The molecule has 0 radical (unpaired) electrons. The van der Waals surface area contributed by atoms with Gasteiger partial charge in [0, 0.05) is 57.4 Å². The van der Waals surface area contributed by atoms with Gasteiger partial charge in [-0.3, -0.25) is 4.21 Å². The maximum absolute atomic E-state index is 12.6. The molecule has 1 aromatic carbocycles. The van der Waals surface area contributed by atoms with Gasteiger partial charge in [-0.2, -0.15) is 4.98 Å². The van der Waals surface area contributed by atoms with Crippen molar-refractivity contribution in [2.45, 2.75) is 68.9 Å². The Morgan fingerprint density at radius 1 is 1.09 bits per heavy atom. The van der Waals surface area contributed by atoms with Crippen LogP contribution in [0.15, 0.2) is 29.2 Å². The summed E-state index contributed by atoms with van der Waals surface area (Å²) in [6.07, 6.45) is 4.71. The Kier molecular flexibility index (Phi) is 6.83. The SMILES string of the molecule is CC(C)c1ccc(OC2CCN(c3nc4c(c(NC5CCOCC5)n3)S(=O)CC4)CC2)cc1. The summed E-state index contributed by atoms with van der Waals surface area (Å²) in [7, 11) is -1.02. The molecule has 0 saturated carbocycles. The highest BCUT2D eigenvalue weighted by Gasteiger charge is 2.30. The van der Waals surface area contributed by atoms with Crippen molar-refractivity contribution in [1.82, 2.24) is 9.97 Å². The third kappa shape index (κ3) is 5.17. The first-order chi connectivity index (χ1) is 16.1. The Hall–Kier alpha value is -2.19. The largest absolute Gasteiger partial charge is 0.490 e. The van der Waals surface area contributed by atoms with Crippen LogP contribution in [0.1, 0.15) is 56.7 Å². The van der Waals surface area contributed by atoms with Gasteiger partial charge in [0.1, 0.15) is 22.6 Å². The minimum atomic E-state index is -1.02. The van der Waals surface area contributed by atoms with Crippen molar-refractivity contribution in [3.63, 3.8) is 0 Å². The number of aryl methyl sites for hydroxylation is 1. The Balaban J connectivity index is 1.25. The first-order valence-electron chi connectivity index (χ1n) is 12.2. The lowest BCUT2D eigenvalue weighted by molar-refractivity contribution is 0.0903. The van der Waals surface area contributed by atoms with Crippen LogP contribution in [0, 0.1) is 0 Å². The van der Waals surface area contributed by atoms with Gasteiger partial charge in [0.15, 0.2) is 0 Å². The normalized spacial score (nSPS) is 21.9. The fourth-order valence-corrected chi connectivity index (χ4v) is 6.07. The summed E-state index contributed by atoms with van der Waals surface area (Å²) in [6.45, 7) is 7.63. The number of ether oxygens (including phenoxy) is 2. The van der Waals surface area contributed by atoms with Crippen molar-refractivity contribution in [2.24, 2.45) is 0 Å². The summed E-state index contributed by atoms with van der Waals surface area (Å²) in [5.74, 6) is 3.62. The number of piperidine rings is 1. The van der Waals surface area contributed by atoms with Crippen molar-refractivity contribution >= 4 is 22.6 Å². The third-order valence-electron chi connectivity index (χ3n) is 6.81. The summed E-state index contributed by atoms with van der Waals surface area (Å²) in [5.41, 5.74) is 2.27. The number of fused-ring (bicyclic) bond motifs is 1. The summed E-state index contributed by atoms with van der Waals surface area (Å²) in [5, 5.41) is 3.57. The fraction of sp³-hybridized carbons (Fsp3) is 0.600. The van der Waals surface area contributed by atoms with Crippen LogP contribution in [0.2, 0.25) is 0 Å². The van der Waals surface area contributed by atoms with Gasteiger partial charge in [0.25, 0.3) is 0 Å². The molecule has 0 bridgehead atoms. The maximum atomic E-state index is 12.6. The second kappa shape index (κ2) is 9.97. The molecule has 2 fully saturated rings. The lowest BCUT2D eigenvalue weighted by atomic mass is 10.0. The van der Waals surface area contributed by atoms with Crippen LogP contribution >= 0.6 is 0 Å². The maximum Gasteiger partial charge on any atom is 0.227 e. The Labute approximate surface area is 198 Å². The van der Waals surface area contributed by atoms with Crippen LogP contribution in [0.5, 0.6) is 5.75 Å². The molecule has 3 aliphatic heterocycles. The zero-order valence-corrected chi connectivity index (χ0v) is 20.4. The summed E-state index contributed by atoms with van der Waals surface area (Å²) < 4.78 is 24.4. The molecule has 7 nitrogen and oxygen atoms in total. The van der Waals surface area contributed by atoms with E-state index in [2.05, 4.69) is 48.3 Å². The minimum absolute atomic E-state index is 0.202. The van der Waals surface area contributed by atoms with Crippen molar-refractivity contribution in [2.75, 3.05) is 42.3 Å². The second-order valence-corrected chi connectivity index (χ2v) is 11.0. The van der Waals surface area contributed by atoms with Gasteiger partial charge in [-0.15, -0.1) is 0 Å². The molecule has 1 aromatic heterocycles. The van der Waals surface area contributed by atoms with E-state index in [0.29, 0.717) is 17.7 Å². The highest BCUT2D eigenvalue weighted by Crippen LogP contribution is 2.32. The molecule has 0 spiro atoms. The van der Waals surface area contributed by atoms with Crippen molar-refractivity contribution < 1.29 is 13.7 Å². The number of benzene rings is 1. The van der Waals surface area contributed by atoms with Gasteiger partial charge >= 0.3 is 0 Å². The number of hydrogen-bond acceptors (Lipinski definition) is 7. The molecule has 0 aliphatic carbocycles. The number of anilines is 2. The first kappa shape index (κ1) is 22.6. The van der Waals surface area contributed by atoms with Gasteiger partial charge < -0.3 is 19.7 Å². The minimum Gasteiger partial charge on any atom is -0.490 e. The highest BCUT2D eigenvalue weighted by atomic mass is 32.2. The number of aromatic nitrogens is 2. The Bertz CT molecular complexity index is 984. The lowest BCUT2D eigenvalue weighted by Crippen LogP contribution is -2.39. The van der Waals surface area contributed by atoms with Gasteiger partial charge in [-0.25, -0.2) is 4.98 Å². The number of rotatable bonds is 6. The van der Waals surface area contributed by atoms with E-state index in [1.54, 1.807) is 0 Å². The van der Waals surface area contributed by atoms with Crippen LogP contribution in [0.4, 0.5) is 11.8 Å². The average Bonchev–Trinajstić information content (AvgIpc) is 3.21. The van der Waals surface area contributed by atoms with Crippen LogP contribution in [-0.4, -0.2) is 58.4 Å². The van der Waals surface area contributed by atoms with Crippen molar-refractivity contribution in [3.05, 3.63) is 35.5 Å². The van der Waals surface area contributed by atoms with Gasteiger partial charge in [0.05, 0.1) is 16.5 Å². The van der Waals surface area contributed by atoms with Crippen molar-refractivity contribution in [3.8, 4) is 5.75 Å². The van der Waals surface area contributed by atoms with E-state index in [1.807, 2.05) is 0 Å². The molecule has 1 N–H and O–H groups in total. The lowest BCUT2D eigenvalue weighted by Gasteiger charge is -2.33. The van der Waals surface area contributed by atoms with E-state index in [0.717, 1.165) is 86.5 Å². The molecule has 4 heterocycles. The molecule has 33 heavy (non-hydrogen) atoms. The highest BCUT2D eigenvalue weighted by molar-refractivity contribution is 7.85. The molecule has 3 aliphatic rings. The van der Waals surface area contributed by atoms with Gasteiger partial charge in [-0.05, 0) is 36.5 Å². The van der Waals surface area contributed by atoms with Crippen LogP contribution in [0.25, 0.3) is 0 Å². The zero-order chi connectivity index (χ0) is 22.8. The number of nitrogens with zero attached hydrogens (tertiary/aromatic N) is 3. The molecule has 178 valence electrons. The molecule has 8 heteroatoms. The predicted molar refractivity (Wildman–Crippen MR) is 131 cm³/mol. The molecular formula is C25H34N4O3S. The summed E-state index contributed by atoms with van der Waals surface area (Å²) in [6, 6.07) is 8.79. The summed E-state index contributed by atoms with van der Waals surface area (Å²) >= 11 is 0. The predicted octanol–water partition coefficient (Wildman–Crippen LogP) is 3.90. The van der Waals surface area contributed by atoms with E-state index in [9.17, 15) is 4.21 Å². The number of nitrogens with one attached hydrogen (secondary N) is 1. The summed E-state index contributed by atoms with van der Waals surface area (Å²) in [4.78, 5) is 12.8. The molecule has 0 amide bonds. The first-order valence-corrected chi connectivity index (χ1v) is 13.5. The van der Waals surface area contributed by atoms with Crippen LogP contribution in [-0.2, 0) is 22.0 Å². The number of hydrogen-bond donors (Lipinski definition) is 1. The standard InChI is InChI=1S/C25H34N4O3S/c1-17(2)18-3-5-20(6-4-18)32-21-7-12-29(13-8-21)25-27-22-11-16-33(30)23(22)24(28-25)26-19-9-14-31-15-10-19/h3-6,17,19,21H,7-16H2,1-2H3,(H,26,27,28). The average molecular weight is 471 g/mol. The molecular weight excluding hydrogens is 436 g/mol. The van der Waals surface area contributed by atoms with E-state index in [1.165, 1.54) is 5.56 Å². The van der Waals surface area contributed by atoms with Crippen molar-refractivity contribution in [1.29, 1.82) is 0 Å². The zero-order valence-electron chi connectivity index (χ0n) is 19.6. The van der Waals surface area contributed by atoms with E-state index in [4.69, 9.17) is 19.4 Å². The molecule has 1 atom stereocenters. The van der Waals surface area contributed by atoms with Crippen LogP contribution < -0.4 is 15.0 Å². The fourth-order valence-electron chi connectivity index (χ4n) is 4.76. The molecule has 5 rings (SSSR count).